The smallest absolute Gasteiger partial charge is 0.292 e. The molecular formula is C24H24B2FN7O11P2. The number of aromatic amines is 1. The van der Waals surface area contributed by atoms with E-state index in [0.29, 0.717) is 29.7 Å². The Hall–Kier alpha value is -2.96. The summed E-state index contributed by atoms with van der Waals surface area (Å²) in [5, 5.41) is 17.9. The lowest BCUT2D eigenvalue weighted by Crippen LogP contribution is -2.38. The maximum atomic E-state index is 16.3. The van der Waals surface area contributed by atoms with Crippen LogP contribution < -0.4 is 11.0 Å². The van der Waals surface area contributed by atoms with Gasteiger partial charge in [0.05, 0.1) is 43.5 Å². The predicted molar refractivity (Wildman–Crippen MR) is 158 cm³/mol. The average molecular weight is 689 g/mol. The van der Waals surface area contributed by atoms with E-state index in [-0.39, 0.29) is 11.0 Å². The molecule has 0 aliphatic carbocycles. The first-order valence-electron chi connectivity index (χ1n) is 14.3. The van der Waals surface area contributed by atoms with Gasteiger partial charge in [-0.05, 0) is 11.6 Å². The van der Waals surface area contributed by atoms with Crippen LogP contribution in [0.25, 0.3) is 22.1 Å². The third-order valence-corrected chi connectivity index (χ3v) is 10.4. The van der Waals surface area contributed by atoms with Gasteiger partial charge in [-0.1, -0.05) is 0 Å². The zero-order chi connectivity index (χ0) is 32.7. The second-order valence-corrected chi connectivity index (χ2v) is 14.4. The minimum absolute atomic E-state index is 0.00595. The molecule has 0 aromatic carbocycles. The van der Waals surface area contributed by atoms with Gasteiger partial charge in [0.2, 0.25) is 15.1 Å². The Bertz CT molecular complexity index is 2020. The number of imidazole rings is 1. The van der Waals surface area contributed by atoms with Gasteiger partial charge < -0.3 is 37.2 Å². The van der Waals surface area contributed by atoms with E-state index < -0.39 is 82.9 Å². The lowest BCUT2D eigenvalue weighted by atomic mass is 10.1. The highest BCUT2D eigenvalue weighted by molar-refractivity contribution is 7.79. The molecular weight excluding hydrogens is 665 g/mol. The minimum atomic E-state index is -4.56. The van der Waals surface area contributed by atoms with Gasteiger partial charge in [-0.25, -0.2) is 19.5 Å². The van der Waals surface area contributed by atoms with Gasteiger partial charge in [0.25, 0.3) is 20.5 Å². The van der Waals surface area contributed by atoms with Gasteiger partial charge in [0.15, 0.2) is 24.1 Å². The Morgan fingerprint density at radius 1 is 1.02 bits per heavy atom. The number of aromatic nitrogens is 6. The van der Waals surface area contributed by atoms with Crippen molar-refractivity contribution in [1.29, 1.82) is 0 Å². The lowest BCUT2D eigenvalue weighted by molar-refractivity contribution is -0.0557. The molecule has 0 amide bonds. The second-order valence-electron chi connectivity index (χ2n) is 11.3. The van der Waals surface area contributed by atoms with E-state index in [2.05, 4.69) is 25.6 Å². The first-order valence-corrected chi connectivity index (χ1v) is 17.5. The molecule has 4 aromatic rings. The molecule has 18 nitrogen and oxygen atoms in total. The number of H-pyrrole nitrogens is 1. The average Bonchev–Trinajstić information content (AvgIpc) is 3.73. The number of anilines is 1. The SMILES string of the molecule is [B]P1(=O)OC[C@H]2O[C@@H](n3cnc4c(=O)[nH]ncc43)C(O)[C@H]2OP([B])(=O)OC[C@H]2O[C@@H](n3cc4c5c(ccnc53)NOCC4)[C@@H](F)C2O1. The molecule has 4 radical (unpaired) electrons. The largest absolute Gasteiger partial charge is 0.386 e. The number of nitrogens with zero attached hydrogens (tertiary/aromatic N) is 5. The fourth-order valence-corrected chi connectivity index (χ4v) is 8.26. The monoisotopic (exact) mass is 689 g/mol. The van der Waals surface area contributed by atoms with Gasteiger partial charge >= 0.3 is 0 Å². The van der Waals surface area contributed by atoms with Crippen LogP contribution in [-0.2, 0) is 48.0 Å². The standard InChI is InChI=1S/C24H24B2FN7O11P2/c25-46(37)41-8-14-20(18(35)24(43-14)34-9-29-17-12(34)5-30-31-22(17)36)45-47(26,38)40-7-13-19(44-46)16(27)23(42-13)33-6-10-2-4-39-32-11-1-3-28-21(33)15(10)11/h1,3,5-6,9,13-14,16,18-20,23-24,32,35H,2,4,7-8H2,(H,31,36)/t13-,14-,16+,18?,19?,20+,23-,24-,46?,47?/m1/s1. The molecule has 4 aromatic heterocycles. The number of halogens is 1. The van der Waals surface area contributed by atoms with Gasteiger partial charge in [-0.2, -0.15) is 5.10 Å². The van der Waals surface area contributed by atoms with E-state index in [1.54, 1.807) is 12.3 Å². The lowest BCUT2D eigenvalue weighted by Gasteiger charge is -2.30. The molecule has 244 valence electrons. The van der Waals surface area contributed by atoms with E-state index in [4.69, 9.17) is 47.5 Å². The number of nitrogens with one attached hydrogen (secondary N) is 2. The van der Waals surface area contributed by atoms with Crippen LogP contribution in [0.15, 0.2) is 35.8 Å². The number of rotatable bonds is 2. The summed E-state index contributed by atoms with van der Waals surface area (Å²) >= 11 is 0. The summed E-state index contributed by atoms with van der Waals surface area (Å²) in [5.74, 6) is 0. The fourth-order valence-electron chi connectivity index (χ4n) is 6.24. The third kappa shape index (κ3) is 5.48. The molecule has 3 fully saturated rings. The predicted octanol–water partition coefficient (Wildman–Crippen LogP) is 0.933. The van der Waals surface area contributed by atoms with Crippen molar-refractivity contribution in [3.8, 4) is 0 Å². The molecule has 3 N–H and O–H groups in total. The molecule has 0 spiro atoms. The number of hydrogen-bond acceptors (Lipinski definition) is 15. The van der Waals surface area contributed by atoms with Gasteiger partial charge in [0.1, 0.15) is 36.2 Å². The summed E-state index contributed by atoms with van der Waals surface area (Å²) in [7, 11) is 2.76. The number of ether oxygens (including phenoxy) is 2. The van der Waals surface area contributed by atoms with Crippen LogP contribution in [0.3, 0.4) is 0 Å². The maximum absolute atomic E-state index is 16.3. The van der Waals surface area contributed by atoms with Crippen molar-refractivity contribution in [1.82, 2.24) is 29.3 Å². The normalized spacial score (nSPS) is 37.8. The maximum Gasteiger partial charge on any atom is 0.292 e. The Balaban J connectivity index is 1.08. The van der Waals surface area contributed by atoms with Gasteiger partial charge in [-0.15, -0.1) is 0 Å². The first kappa shape index (κ1) is 31.3. The molecule has 4 aliphatic rings. The van der Waals surface area contributed by atoms with Crippen molar-refractivity contribution < 1.29 is 51.0 Å². The van der Waals surface area contributed by atoms with Crippen molar-refractivity contribution in [2.75, 3.05) is 25.3 Å². The molecule has 0 bridgehead atoms. The fraction of sp³-hybridized carbons (Fsp3) is 0.500. The number of alkyl halides is 1. The minimum Gasteiger partial charge on any atom is -0.386 e. The van der Waals surface area contributed by atoms with Crippen LogP contribution in [-0.4, -0.2) is 106 Å². The van der Waals surface area contributed by atoms with Crippen LogP contribution in [0.2, 0.25) is 0 Å². The molecule has 3 saturated heterocycles. The first-order chi connectivity index (χ1) is 22.5. The summed E-state index contributed by atoms with van der Waals surface area (Å²) in [6, 6.07) is 1.71. The molecule has 8 rings (SSSR count). The van der Waals surface area contributed by atoms with Crippen molar-refractivity contribution in [2.45, 2.75) is 55.6 Å². The summed E-state index contributed by atoms with van der Waals surface area (Å²) in [6.07, 6.45) is -5.88. The highest BCUT2D eigenvalue weighted by atomic mass is 31.2. The topological polar surface area (TPSA) is 212 Å². The molecule has 47 heavy (non-hydrogen) atoms. The summed E-state index contributed by atoms with van der Waals surface area (Å²) in [4.78, 5) is 26.0. The number of aliphatic hydroxyl groups is 1. The van der Waals surface area contributed by atoms with Crippen LogP contribution in [0.5, 0.6) is 0 Å². The van der Waals surface area contributed by atoms with Crippen molar-refractivity contribution in [3.63, 3.8) is 0 Å². The summed E-state index contributed by atoms with van der Waals surface area (Å²) in [6.45, 7) is -0.964. The molecule has 0 saturated carbocycles. The van der Waals surface area contributed by atoms with E-state index in [9.17, 15) is 19.0 Å². The van der Waals surface area contributed by atoms with Crippen molar-refractivity contribution in [3.05, 3.63) is 46.9 Å². The number of pyridine rings is 1. The van der Waals surface area contributed by atoms with E-state index in [1.807, 2.05) is 0 Å². The molecule has 10 atom stereocenters. The van der Waals surface area contributed by atoms with Crippen molar-refractivity contribution in [2.24, 2.45) is 0 Å². The Labute approximate surface area is 265 Å². The third-order valence-electron chi connectivity index (χ3n) is 8.35. The molecule has 23 heteroatoms. The van der Waals surface area contributed by atoms with Gasteiger partial charge in [-0.3, -0.25) is 28.8 Å². The highest BCUT2D eigenvalue weighted by Gasteiger charge is 2.53. The summed E-state index contributed by atoms with van der Waals surface area (Å²) < 4.78 is 79.7. The van der Waals surface area contributed by atoms with Crippen LogP contribution in [0.4, 0.5) is 10.1 Å². The van der Waals surface area contributed by atoms with E-state index >= 15 is 4.39 Å². The quantitative estimate of drug-likeness (QED) is 0.197. The number of aliphatic hydroxyl groups excluding tert-OH is 1. The Morgan fingerprint density at radius 3 is 2.53 bits per heavy atom. The molecule has 4 aliphatic heterocycles. The zero-order valence-corrected chi connectivity index (χ0v) is 25.8. The van der Waals surface area contributed by atoms with Gasteiger partial charge in [0, 0.05) is 24.2 Å². The molecule has 4 unspecified atom stereocenters. The Kier molecular flexibility index (Phi) is 7.72. The second kappa shape index (κ2) is 11.6. The number of fused-ring (bicyclic) bond motifs is 3. The number of hydrogen-bond donors (Lipinski definition) is 3. The zero-order valence-electron chi connectivity index (χ0n) is 24.0. The van der Waals surface area contributed by atoms with Crippen LogP contribution >= 0.6 is 14.9 Å². The van der Waals surface area contributed by atoms with Crippen molar-refractivity contribution >= 4 is 57.8 Å². The van der Waals surface area contributed by atoms with E-state index in [1.165, 1.54) is 27.9 Å². The van der Waals surface area contributed by atoms with Crippen LogP contribution in [0, 0.1) is 0 Å². The highest BCUT2D eigenvalue weighted by Crippen LogP contribution is 2.54. The molecule has 8 heterocycles. The summed E-state index contributed by atoms with van der Waals surface area (Å²) in [5.41, 5.74) is 4.28. The van der Waals surface area contributed by atoms with Crippen LogP contribution in [0.1, 0.15) is 18.0 Å². The Morgan fingerprint density at radius 2 is 1.74 bits per heavy atom. The van der Waals surface area contributed by atoms with E-state index in [0.717, 1.165) is 5.56 Å².